The summed E-state index contributed by atoms with van der Waals surface area (Å²) in [7, 11) is -3.93. The summed E-state index contributed by atoms with van der Waals surface area (Å²) in [5, 5.41) is 3.40. The van der Waals surface area contributed by atoms with Crippen molar-refractivity contribution in [1.29, 1.82) is 0 Å². The first kappa shape index (κ1) is 32.9. The van der Waals surface area contributed by atoms with Gasteiger partial charge in [0.2, 0.25) is 0 Å². The van der Waals surface area contributed by atoms with Crippen molar-refractivity contribution >= 4 is 21.6 Å². The molecule has 0 fully saturated rings. The number of hydrogen-bond donors (Lipinski definition) is 2. The first-order valence-electron chi connectivity index (χ1n) is 15.1. The van der Waals surface area contributed by atoms with Crippen LogP contribution >= 0.6 is 0 Å². The highest BCUT2D eigenvalue weighted by Gasteiger charge is 2.20. The molecular weight excluding hydrogens is 504 g/mol. The van der Waals surface area contributed by atoms with E-state index in [1.54, 1.807) is 36.4 Å². The molecule has 0 bridgehead atoms. The van der Waals surface area contributed by atoms with Gasteiger partial charge in [0.05, 0.1) is 4.90 Å². The lowest BCUT2D eigenvalue weighted by Gasteiger charge is -2.19. The molecule has 2 aromatic rings. The maximum atomic E-state index is 12.7. The molecule has 0 heterocycles. The second kappa shape index (κ2) is 17.4. The van der Waals surface area contributed by atoms with Crippen molar-refractivity contribution in [2.45, 2.75) is 128 Å². The SMILES string of the molecule is CCCCCCCCCCCCCCCCNc1ccc(C(=O)NS(=O)(=O)c2ccc(C(C)(C)C)cc2)cc1. The molecule has 2 rings (SSSR count). The second-order valence-electron chi connectivity index (χ2n) is 11.8. The molecule has 218 valence electrons. The third-order valence-electron chi connectivity index (χ3n) is 7.26. The number of rotatable bonds is 19. The van der Waals surface area contributed by atoms with Crippen molar-refractivity contribution < 1.29 is 13.2 Å². The van der Waals surface area contributed by atoms with Crippen LogP contribution in [-0.4, -0.2) is 20.9 Å². The average molecular weight is 557 g/mol. The van der Waals surface area contributed by atoms with E-state index >= 15 is 0 Å². The van der Waals surface area contributed by atoms with Gasteiger partial charge in [0.1, 0.15) is 0 Å². The van der Waals surface area contributed by atoms with Crippen LogP contribution in [0, 0.1) is 0 Å². The monoisotopic (exact) mass is 556 g/mol. The highest BCUT2D eigenvalue weighted by atomic mass is 32.2. The third kappa shape index (κ3) is 13.0. The van der Waals surface area contributed by atoms with E-state index in [-0.39, 0.29) is 10.3 Å². The largest absolute Gasteiger partial charge is 0.385 e. The Balaban J connectivity index is 1.59. The minimum Gasteiger partial charge on any atom is -0.385 e. The van der Waals surface area contributed by atoms with Crippen LogP contribution in [0.25, 0.3) is 0 Å². The Labute approximate surface area is 238 Å². The summed E-state index contributed by atoms with van der Waals surface area (Å²) < 4.78 is 27.5. The van der Waals surface area contributed by atoms with Crippen LogP contribution in [0.4, 0.5) is 5.69 Å². The standard InChI is InChI=1S/C33H52N2O3S/c1-5-6-7-8-9-10-11-12-13-14-15-16-17-18-27-34-30-23-19-28(20-24-30)32(36)35-39(37,38)31-25-21-29(22-26-31)33(2,3)4/h19-26,34H,5-18,27H2,1-4H3,(H,35,36). The predicted octanol–water partition coefficient (Wildman–Crippen LogP) is 9.00. The van der Waals surface area contributed by atoms with Gasteiger partial charge < -0.3 is 5.32 Å². The zero-order valence-electron chi connectivity index (χ0n) is 24.9. The van der Waals surface area contributed by atoms with Crippen LogP contribution in [0.2, 0.25) is 0 Å². The van der Waals surface area contributed by atoms with Gasteiger partial charge in [-0.25, -0.2) is 13.1 Å². The molecule has 0 aliphatic heterocycles. The van der Waals surface area contributed by atoms with Gasteiger partial charge in [-0.15, -0.1) is 0 Å². The molecule has 0 radical (unpaired) electrons. The van der Waals surface area contributed by atoms with Crippen LogP contribution in [-0.2, 0) is 15.4 Å². The molecule has 0 saturated heterocycles. The number of amides is 1. The van der Waals surface area contributed by atoms with Crippen LogP contribution in [0.15, 0.2) is 53.4 Å². The van der Waals surface area contributed by atoms with Crippen molar-refractivity contribution in [1.82, 2.24) is 4.72 Å². The van der Waals surface area contributed by atoms with Crippen LogP contribution < -0.4 is 10.0 Å². The number of carbonyl (C=O) groups excluding carboxylic acids is 1. The Morgan fingerprint density at radius 3 is 1.59 bits per heavy atom. The molecule has 0 unspecified atom stereocenters. The van der Waals surface area contributed by atoms with Gasteiger partial charge >= 0.3 is 0 Å². The number of unbranched alkanes of at least 4 members (excludes halogenated alkanes) is 13. The van der Waals surface area contributed by atoms with Crippen molar-refractivity contribution in [2.75, 3.05) is 11.9 Å². The minimum absolute atomic E-state index is 0.0757. The quantitative estimate of drug-likeness (QED) is 0.169. The van der Waals surface area contributed by atoms with Crippen molar-refractivity contribution in [3.63, 3.8) is 0 Å². The molecule has 39 heavy (non-hydrogen) atoms. The first-order chi connectivity index (χ1) is 18.6. The van der Waals surface area contributed by atoms with E-state index in [0.717, 1.165) is 24.2 Å². The molecule has 1 amide bonds. The summed E-state index contributed by atoms with van der Waals surface area (Å²) in [5.41, 5.74) is 2.20. The minimum atomic E-state index is -3.93. The van der Waals surface area contributed by atoms with Gasteiger partial charge in [0.25, 0.3) is 15.9 Å². The Kier molecular flexibility index (Phi) is 14.6. The average Bonchev–Trinajstić information content (AvgIpc) is 2.90. The van der Waals surface area contributed by atoms with Crippen LogP contribution in [0.5, 0.6) is 0 Å². The van der Waals surface area contributed by atoms with E-state index in [0.29, 0.717) is 5.56 Å². The van der Waals surface area contributed by atoms with E-state index in [9.17, 15) is 13.2 Å². The smallest absolute Gasteiger partial charge is 0.264 e. The van der Waals surface area contributed by atoms with Crippen molar-refractivity contribution in [2.24, 2.45) is 0 Å². The number of nitrogens with one attached hydrogen (secondary N) is 2. The van der Waals surface area contributed by atoms with E-state index < -0.39 is 15.9 Å². The zero-order chi connectivity index (χ0) is 28.6. The normalized spacial score (nSPS) is 11.9. The Bertz CT molecular complexity index is 1060. The lowest BCUT2D eigenvalue weighted by Crippen LogP contribution is -2.30. The van der Waals surface area contributed by atoms with Gasteiger partial charge in [-0.1, -0.05) is 123 Å². The Morgan fingerprint density at radius 2 is 1.13 bits per heavy atom. The highest BCUT2D eigenvalue weighted by molar-refractivity contribution is 7.90. The van der Waals surface area contributed by atoms with Gasteiger partial charge in [-0.3, -0.25) is 4.79 Å². The summed E-state index contributed by atoms with van der Waals surface area (Å²) in [6.45, 7) is 9.36. The molecule has 0 aliphatic rings. The second-order valence-corrected chi connectivity index (χ2v) is 13.5. The molecule has 0 atom stereocenters. The van der Waals surface area contributed by atoms with Gasteiger partial charge in [-0.2, -0.15) is 0 Å². The fourth-order valence-electron chi connectivity index (χ4n) is 4.67. The van der Waals surface area contributed by atoms with E-state index in [1.807, 2.05) is 12.1 Å². The van der Waals surface area contributed by atoms with Crippen LogP contribution in [0.1, 0.15) is 134 Å². The third-order valence-corrected chi connectivity index (χ3v) is 8.61. The molecule has 5 nitrogen and oxygen atoms in total. The Hall–Kier alpha value is -2.34. The fraction of sp³-hybridized carbons (Fsp3) is 0.606. The maximum absolute atomic E-state index is 12.7. The molecule has 0 saturated carbocycles. The molecule has 0 spiro atoms. The van der Waals surface area contributed by atoms with E-state index in [1.165, 1.54) is 83.5 Å². The lowest BCUT2D eigenvalue weighted by atomic mass is 9.87. The summed E-state index contributed by atoms with van der Waals surface area (Å²) in [5.74, 6) is -0.631. The number of sulfonamides is 1. The topological polar surface area (TPSA) is 75.3 Å². The summed E-state index contributed by atoms with van der Waals surface area (Å²) in [6, 6.07) is 13.6. The molecular formula is C33H52N2O3S. The number of benzene rings is 2. The number of anilines is 1. The van der Waals surface area contributed by atoms with Crippen molar-refractivity contribution in [3.05, 3.63) is 59.7 Å². The zero-order valence-corrected chi connectivity index (χ0v) is 25.7. The first-order valence-corrected chi connectivity index (χ1v) is 16.6. The van der Waals surface area contributed by atoms with Crippen molar-refractivity contribution in [3.8, 4) is 0 Å². The number of hydrogen-bond acceptors (Lipinski definition) is 4. The summed E-state index contributed by atoms with van der Waals surface area (Å²) in [6.07, 6.45) is 18.8. The van der Waals surface area contributed by atoms with Gasteiger partial charge in [-0.05, 0) is 53.8 Å². The fourth-order valence-corrected chi connectivity index (χ4v) is 5.64. The lowest BCUT2D eigenvalue weighted by molar-refractivity contribution is 0.0981. The molecule has 0 aromatic heterocycles. The molecule has 2 aromatic carbocycles. The van der Waals surface area contributed by atoms with Crippen LogP contribution in [0.3, 0.4) is 0 Å². The predicted molar refractivity (Wildman–Crippen MR) is 165 cm³/mol. The van der Waals surface area contributed by atoms with Gasteiger partial charge in [0, 0.05) is 17.8 Å². The van der Waals surface area contributed by atoms with Gasteiger partial charge in [0.15, 0.2) is 0 Å². The summed E-state index contributed by atoms with van der Waals surface area (Å²) >= 11 is 0. The molecule has 0 aliphatic carbocycles. The Morgan fingerprint density at radius 1 is 0.667 bits per heavy atom. The van der Waals surface area contributed by atoms with E-state index in [2.05, 4.69) is 37.7 Å². The highest BCUT2D eigenvalue weighted by Crippen LogP contribution is 2.23. The summed E-state index contributed by atoms with van der Waals surface area (Å²) in [4.78, 5) is 12.6. The number of carbonyl (C=O) groups is 1. The molecule has 2 N–H and O–H groups in total. The molecule has 6 heteroatoms. The maximum Gasteiger partial charge on any atom is 0.264 e. The van der Waals surface area contributed by atoms with E-state index in [4.69, 9.17) is 0 Å².